The molecule has 2 aliphatic heterocycles. The first kappa shape index (κ1) is 17.3. The molecule has 0 unspecified atom stereocenters. The maximum atomic E-state index is 13.7. The van der Waals surface area contributed by atoms with Crippen molar-refractivity contribution in [2.75, 3.05) is 44.6 Å². The van der Waals surface area contributed by atoms with Gasteiger partial charge in [-0.2, -0.15) is 0 Å². The number of ether oxygens (including phenoxy) is 1. The minimum atomic E-state index is -0.390. The van der Waals surface area contributed by atoms with E-state index in [1.165, 1.54) is 23.8 Å². The third kappa shape index (κ3) is 4.32. The van der Waals surface area contributed by atoms with E-state index in [2.05, 4.69) is 5.32 Å². The molecule has 0 saturated carbocycles. The summed E-state index contributed by atoms with van der Waals surface area (Å²) in [5.74, 6) is -0.503. The van der Waals surface area contributed by atoms with Crippen LogP contribution in [0.3, 0.4) is 0 Å². The van der Waals surface area contributed by atoms with Crippen molar-refractivity contribution in [1.29, 1.82) is 0 Å². The number of hydrogen-bond acceptors (Lipinski definition) is 2. The lowest BCUT2D eigenvalue weighted by molar-refractivity contribution is -1.02. The lowest BCUT2D eigenvalue weighted by atomic mass is 10.2. The Hall–Kier alpha value is -1.50. The zero-order valence-electron chi connectivity index (χ0n) is 14.3. The molecule has 0 spiro atoms. The number of quaternary nitrogens is 2. The maximum absolute atomic E-state index is 13.7. The Kier molecular flexibility index (Phi) is 5.81. The number of carbonyl (C=O) groups excluding carboxylic acids is 1. The average molecular weight is 337 g/mol. The number of nitrogens with one attached hydrogen (secondary N) is 3. The van der Waals surface area contributed by atoms with Crippen molar-refractivity contribution in [3.05, 3.63) is 30.1 Å². The van der Waals surface area contributed by atoms with Gasteiger partial charge in [0.25, 0.3) is 5.91 Å². The van der Waals surface area contributed by atoms with Crippen LogP contribution >= 0.6 is 0 Å². The van der Waals surface area contributed by atoms with E-state index in [0.29, 0.717) is 6.10 Å². The van der Waals surface area contributed by atoms with Gasteiger partial charge in [0.1, 0.15) is 44.6 Å². The zero-order chi connectivity index (χ0) is 16.9. The standard InChI is InChI=1S/C18H26FN3O2/c1-14(18(23)20-17-7-3-2-6-16(17)19)22-10-8-21(9-11-22)13-15-5-4-12-24-15/h2-3,6-7,14-15H,4-5,8-13H2,1H3,(H,20,23)/p+2/t14-,15-/m1/s1. The molecule has 3 N–H and O–H groups in total. The molecular formula is C18H28FN3O2+2. The molecule has 6 heteroatoms. The predicted octanol–water partition coefficient (Wildman–Crippen LogP) is -0.885. The van der Waals surface area contributed by atoms with Gasteiger partial charge < -0.3 is 19.9 Å². The maximum Gasteiger partial charge on any atom is 0.282 e. The Morgan fingerprint density at radius 1 is 1.33 bits per heavy atom. The second-order valence-electron chi connectivity index (χ2n) is 6.94. The summed E-state index contributed by atoms with van der Waals surface area (Å²) >= 11 is 0. The molecule has 5 nitrogen and oxygen atoms in total. The summed E-state index contributed by atoms with van der Waals surface area (Å²) in [6.07, 6.45) is 2.78. The highest BCUT2D eigenvalue weighted by molar-refractivity contribution is 5.93. The second kappa shape index (κ2) is 8.05. The zero-order valence-corrected chi connectivity index (χ0v) is 14.3. The van der Waals surface area contributed by atoms with Gasteiger partial charge in [-0.3, -0.25) is 4.79 Å². The van der Waals surface area contributed by atoms with E-state index < -0.39 is 0 Å². The summed E-state index contributed by atoms with van der Waals surface area (Å²) in [4.78, 5) is 15.3. The van der Waals surface area contributed by atoms with Gasteiger partial charge in [-0.25, -0.2) is 4.39 Å². The van der Waals surface area contributed by atoms with Gasteiger partial charge in [-0.05, 0) is 31.9 Å². The number of carbonyl (C=O) groups is 1. The van der Waals surface area contributed by atoms with Crippen LogP contribution in [0.25, 0.3) is 0 Å². The average Bonchev–Trinajstić information content (AvgIpc) is 3.10. The SMILES string of the molecule is C[C@H](C(=O)Nc1ccccc1F)[NH+]1CC[NH+](C[C@H]2CCCO2)CC1. The first-order valence-corrected chi connectivity index (χ1v) is 8.98. The van der Waals surface area contributed by atoms with Crippen molar-refractivity contribution in [2.24, 2.45) is 0 Å². The van der Waals surface area contributed by atoms with E-state index in [1.807, 2.05) is 6.92 Å². The van der Waals surface area contributed by atoms with E-state index in [-0.39, 0.29) is 23.5 Å². The van der Waals surface area contributed by atoms with Crippen LogP contribution < -0.4 is 15.1 Å². The number of amides is 1. The molecule has 1 aromatic carbocycles. The van der Waals surface area contributed by atoms with Crippen molar-refractivity contribution in [3.8, 4) is 0 Å². The fraction of sp³-hybridized carbons (Fsp3) is 0.611. The van der Waals surface area contributed by atoms with Crippen molar-refractivity contribution < 1.29 is 23.7 Å². The number of rotatable bonds is 5. The largest absolute Gasteiger partial charge is 0.372 e. The number of halogens is 1. The Balaban J connectivity index is 1.46. The van der Waals surface area contributed by atoms with Crippen LogP contribution in [0.4, 0.5) is 10.1 Å². The fourth-order valence-corrected chi connectivity index (χ4v) is 3.68. The molecule has 0 aliphatic carbocycles. The molecule has 1 aromatic rings. The summed E-state index contributed by atoms with van der Waals surface area (Å²) in [7, 11) is 0. The number of para-hydroxylation sites is 1. The molecule has 2 saturated heterocycles. The number of hydrogen-bond donors (Lipinski definition) is 3. The van der Waals surface area contributed by atoms with Gasteiger partial charge >= 0.3 is 0 Å². The van der Waals surface area contributed by atoms with Gasteiger partial charge in [0.15, 0.2) is 6.04 Å². The van der Waals surface area contributed by atoms with Gasteiger partial charge in [0, 0.05) is 6.61 Å². The molecular weight excluding hydrogens is 309 g/mol. The van der Waals surface area contributed by atoms with Crippen LogP contribution in [0.1, 0.15) is 19.8 Å². The molecule has 24 heavy (non-hydrogen) atoms. The minimum Gasteiger partial charge on any atom is -0.372 e. The number of anilines is 1. The highest BCUT2D eigenvalue weighted by atomic mass is 19.1. The van der Waals surface area contributed by atoms with Crippen LogP contribution in [0, 0.1) is 5.82 Å². The number of benzene rings is 1. The first-order valence-electron chi connectivity index (χ1n) is 8.98. The van der Waals surface area contributed by atoms with Crippen LogP contribution in [-0.4, -0.2) is 57.4 Å². The van der Waals surface area contributed by atoms with E-state index >= 15 is 0 Å². The normalized spacial score (nSPS) is 28.5. The molecule has 0 radical (unpaired) electrons. The van der Waals surface area contributed by atoms with Crippen LogP contribution in [0.2, 0.25) is 0 Å². The smallest absolute Gasteiger partial charge is 0.282 e. The Morgan fingerprint density at radius 3 is 2.75 bits per heavy atom. The molecule has 2 atom stereocenters. The van der Waals surface area contributed by atoms with Crippen molar-refractivity contribution in [3.63, 3.8) is 0 Å². The molecule has 2 fully saturated rings. The minimum absolute atomic E-state index is 0.113. The Bertz CT molecular complexity index is 555. The van der Waals surface area contributed by atoms with Crippen LogP contribution in [-0.2, 0) is 9.53 Å². The summed E-state index contributed by atoms with van der Waals surface area (Å²) in [5.41, 5.74) is 0.261. The lowest BCUT2D eigenvalue weighted by Crippen LogP contribution is -3.30. The monoisotopic (exact) mass is 337 g/mol. The molecule has 0 bridgehead atoms. The third-order valence-corrected chi connectivity index (χ3v) is 5.28. The summed E-state index contributed by atoms with van der Waals surface area (Å²) in [6, 6.07) is 6.13. The van der Waals surface area contributed by atoms with Crippen molar-refractivity contribution in [2.45, 2.75) is 31.9 Å². The summed E-state index contributed by atoms with van der Waals surface area (Å²) in [6.45, 7) is 7.98. The highest BCUT2D eigenvalue weighted by Crippen LogP contribution is 2.12. The molecule has 1 amide bonds. The van der Waals surface area contributed by atoms with Crippen LogP contribution in [0.15, 0.2) is 24.3 Å². The number of piperazine rings is 1. The quantitative estimate of drug-likeness (QED) is 0.653. The van der Waals surface area contributed by atoms with Gasteiger partial charge in [-0.1, -0.05) is 12.1 Å². The highest BCUT2D eigenvalue weighted by Gasteiger charge is 2.32. The molecule has 2 heterocycles. The van der Waals surface area contributed by atoms with Crippen LogP contribution in [0.5, 0.6) is 0 Å². The fourth-order valence-electron chi connectivity index (χ4n) is 3.68. The summed E-state index contributed by atoms with van der Waals surface area (Å²) < 4.78 is 19.4. The summed E-state index contributed by atoms with van der Waals surface area (Å²) in [5, 5.41) is 2.72. The third-order valence-electron chi connectivity index (χ3n) is 5.28. The molecule has 3 rings (SSSR count). The van der Waals surface area contributed by atoms with E-state index in [4.69, 9.17) is 4.74 Å². The lowest BCUT2D eigenvalue weighted by Gasteiger charge is -2.33. The molecule has 2 aliphatic rings. The predicted molar refractivity (Wildman–Crippen MR) is 89.7 cm³/mol. The first-order chi connectivity index (χ1) is 11.6. The van der Waals surface area contributed by atoms with E-state index in [9.17, 15) is 9.18 Å². The Labute approximate surface area is 142 Å². The second-order valence-corrected chi connectivity index (χ2v) is 6.94. The molecule has 132 valence electrons. The topological polar surface area (TPSA) is 47.2 Å². The van der Waals surface area contributed by atoms with E-state index in [0.717, 1.165) is 39.3 Å². The Morgan fingerprint density at radius 2 is 2.08 bits per heavy atom. The van der Waals surface area contributed by atoms with Gasteiger partial charge in [-0.15, -0.1) is 0 Å². The van der Waals surface area contributed by atoms with Crippen molar-refractivity contribution >= 4 is 11.6 Å². The molecule has 0 aromatic heterocycles. The van der Waals surface area contributed by atoms with E-state index in [1.54, 1.807) is 23.1 Å². The van der Waals surface area contributed by atoms with Gasteiger partial charge in [0.05, 0.1) is 5.69 Å². The van der Waals surface area contributed by atoms with Crippen molar-refractivity contribution in [1.82, 2.24) is 0 Å². The van der Waals surface area contributed by atoms with Gasteiger partial charge in [0.2, 0.25) is 0 Å².